The fourth-order valence-electron chi connectivity index (χ4n) is 4.12. The molecule has 3 rings (SSSR count). The van der Waals surface area contributed by atoms with Crippen molar-refractivity contribution in [1.29, 1.82) is 0 Å². The van der Waals surface area contributed by atoms with Crippen molar-refractivity contribution >= 4 is 27.5 Å². The van der Waals surface area contributed by atoms with E-state index in [1.54, 1.807) is 44.2 Å². The van der Waals surface area contributed by atoms with Crippen LogP contribution in [0.3, 0.4) is 0 Å². The molecular formula is C29H35N3O6S. The highest BCUT2D eigenvalue weighted by atomic mass is 32.2. The lowest BCUT2D eigenvalue weighted by Gasteiger charge is -2.32. The number of amides is 2. The van der Waals surface area contributed by atoms with Gasteiger partial charge in [0.05, 0.1) is 24.8 Å². The van der Waals surface area contributed by atoms with Crippen LogP contribution in [0.15, 0.2) is 83.8 Å². The summed E-state index contributed by atoms with van der Waals surface area (Å²) in [6, 6.07) is 21.4. The predicted octanol–water partition coefficient (Wildman–Crippen LogP) is 3.50. The van der Waals surface area contributed by atoms with E-state index in [-0.39, 0.29) is 23.1 Å². The van der Waals surface area contributed by atoms with Crippen molar-refractivity contribution < 1.29 is 27.5 Å². The van der Waals surface area contributed by atoms with Crippen LogP contribution in [0.5, 0.6) is 11.5 Å². The molecule has 0 aliphatic heterocycles. The summed E-state index contributed by atoms with van der Waals surface area (Å²) in [7, 11) is -1.34. The Morgan fingerprint density at radius 3 is 2.10 bits per heavy atom. The molecule has 0 radical (unpaired) electrons. The number of carbonyl (C=O) groups is 2. The van der Waals surface area contributed by atoms with Crippen molar-refractivity contribution in [2.75, 3.05) is 38.2 Å². The highest BCUT2D eigenvalue weighted by Crippen LogP contribution is 2.32. The van der Waals surface area contributed by atoms with Gasteiger partial charge in [0.1, 0.15) is 12.6 Å². The number of anilines is 1. The van der Waals surface area contributed by atoms with Crippen LogP contribution in [0.25, 0.3) is 0 Å². The van der Waals surface area contributed by atoms with Crippen LogP contribution >= 0.6 is 0 Å². The molecule has 0 aromatic heterocycles. The minimum Gasteiger partial charge on any atom is -0.493 e. The first kappa shape index (κ1) is 29.5. The number of rotatable bonds is 13. The number of carbonyl (C=O) groups excluding carboxylic acids is 2. The summed E-state index contributed by atoms with van der Waals surface area (Å²) in [5, 5.41) is 2.75. The van der Waals surface area contributed by atoms with Crippen LogP contribution in [0.2, 0.25) is 0 Å². The van der Waals surface area contributed by atoms with E-state index in [2.05, 4.69) is 5.32 Å². The minimum atomic E-state index is -4.21. The molecule has 2 amide bonds. The van der Waals surface area contributed by atoms with E-state index in [4.69, 9.17) is 9.47 Å². The Labute approximate surface area is 230 Å². The fraction of sp³-hybridized carbons (Fsp3) is 0.310. The summed E-state index contributed by atoms with van der Waals surface area (Å²) in [5.41, 5.74) is 1.31. The van der Waals surface area contributed by atoms with Gasteiger partial charge in [0.2, 0.25) is 11.8 Å². The molecule has 0 bridgehead atoms. The lowest BCUT2D eigenvalue weighted by molar-refractivity contribution is -0.138. The summed E-state index contributed by atoms with van der Waals surface area (Å²) in [4.78, 5) is 27.9. The number of nitrogens with zero attached hydrogens (tertiary/aromatic N) is 2. The van der Waals surface area contributed by atoms with Gasteiger partial charge in [-0.25, -0.2) is 8.42 Å². The van der Waals surface area contributed by atoms with Crippen LogP contribution in [-0.2, 0) is 26.0 Å². The van der Waals surface area contributed by atoms with E-state index >= 15 is 0 Å². The third-order valence-corrected chi connectivity index (χ3v) is 8.04. The van der Waals surface area contributed by atoms with Gasteiger partial charge in [0.15, 0.2) is 11.5 Å². The van der Waals surface area contributed by atoms with Crippen molar-refractivity contribution in [1.82, 2.24) is 10.2 Å². The quantitative estimate of drug-likeness (QED) is 0.347. The number of ether oxygens (including phenoxy) is 2. The summed E-state index contributed by atoms with van der Waals surface area (Å²) < 4.78 is 39.4. The molecule has 0 aliphatic rings. The number of sulfonamides is 1. The van der Waals surface area contributed by atoms with Gasteiger partial charge in [-0.3, -0.25) is 13.9 Å². The summed E-state index contributed by atoms with van der Waals surface area (Å²) >= 11 is 0. The zero-order valence-corrected chi connectivity index (χ0v) is 23.5. The first-order chi connectivity index (χ1) is 18.7. The second kappa shape index (κ2) is 13.7. The van der Waals surface area contributed by atoms with Gasteiger partial charge in [-0.15, -0.1) is 0 Å². The Morgan fingerprint density at radius 1 is 0.897 bits per heavy atom. The molecule has 1 N–H and O–H groups in total. The molecule has 1 unspecified atom stereocenters. The molecule has 1 atom stereocenters. The lowest BCUT2D eigenvalue weighted by atomic mass is 10.1. The molecule has 10 heteroatoms. The molecule has 39 heavy (non-hydrogen) atoms. The highest BCUT2D eigenvalue weighted by molar-refractivity contribution is 7.92. The zero-order valence-electron chi connectivity index (χ0n) is 22.7. The van der Waals surface area contributed by atoms with Crippen molar-refractivity contribution in [2.45, 2.75) is 31.2 Å². The molecule has 0 saturated carbocycles. The van der Waals surface area contributed by atoms with Crippen molar-refractivity contribution in [3.63, 3.8) is 0 Å². The maximum Gasteiger partial charge on any atom is 0.264 e. The van der Waals surface area contributed by atoms with Gasteiger partial charge in [-0.05, 0) is 50.1 Å². The Balaban J connectivity index is 1.99. The van der Waals surface area contributed by atoms with Crippen LogP contribution in [0.1, 0.15) is 19.4 Å². The van der Waals surface area contributed by atoms with E-state index in [0.717, 1.165) is 9.87 Å². The van der Waals surface area contributed by atoms with Gasteiger partial charge in [-0.1, -0.05) is 48.5 Å². The average Bonchev–Trinajstić information content (AvgIpc) is 2.96. The Kier molecular flexibility index (Phi) is 10.3. The molecule has 0 spiro atoms. The number of para-hydroxylation sites is 1. The van der Waals surface area contributed by atoms with E-state index < -0.39 is 28.5 Å². The highest BCUT2D eigenvalue weighted by Gasteiger charge is 2.32. The van der Waals surface area contributed by atoms with E-state index in [9.17, 15) is 18.0 Å². The molecule has 3 aromatic carbocycles. The minimum absolute atomic E-state index is 0.0654. The standard InChI is InChI=1S/C29H35N3O6S/c1-5-30-29(34)22(2)31(19-18-23-12-8-6-9-13-23)28(33)21-32(24-14-10-7-11-15-24)39(35,36)25-16-17-26(37-3)27(20-25)38-4/h6-17,20,22H,5,18-19,21H2,1-4H3,(H,30,34). The smallest absolute Gasteiger partial charge is 0.264 e. The largest absolute Gasteiger partial charge is 0.493 e. The lowest BCUT2D eigenvalue weighted by Crippen LogP contribution is -2.52. The van der Waals surface area contributed by atoms with Crippen LogP contribution in [0, 0.1) is 0 Å². The maximum absolute atomic E-state index is 13.9. The maximum atomic E-state index is 13.9. The number of benzene rings is 3. The second-order valence-corrected chi connectivity index (χ2v) is 10.6. The third kappa shape index (κ3) is 7.29. The van der Waals surface area contributed by atoms with Crippen molar-refractivity contribution in [3.8, 4) is 11.5 Å². The van der Waals surface area contributed by atoms with E-state index in [1.807, 2.05) is 30.3 Å². The van der Waals surface area contributed by atoms with Crippen LogP contribution in [-0.4, -0.2) is 65.0 Å². The molecule has 208 valence electrons. The first-order valence-corrected chi connectivity index (χ1v) is 14.1. The number of nitrogens with one attached hydrogen (secondary N) is 1. The average molecular weight is 554 g/mol. The fourth-order valence-corrected chi connectivity index (χ4v) is 5.55. The van der Waals surface area contributed by atoms with Gasteiger partial charge >= 0.3 is 0 Å². The van der Waals surface area contributed by atoms with Gasteiger partial charge in [-0.2, -0.15) is 0 Å². The monoisotopic (exact) mass is 553 g/mol. The molecule has 0 aliphatic carbocycles. The first-order valence-electron chi connectivity index (χ1n) is 12.6. The van der Waals surface area contributed by atoms with E-state index in [0.29, 0.717) is 24.4 Å². The summed E-state index contributed by atoms with van der Waals surface area (Å²) in [6.45, 7) is 3.59. The number of hydrogen-bond acceptors (Lipinski definition) is 6. The number of methoxy groups -OCH3 is 2. The van der Waals surface area contributed by atoms with Crippen molar-refractivity contribution in [2.24, 2.45) is 0 Å². The molecule has 0 fully saturated rings. The SMILES string of the molecule is CCNC(=O)C(C)N(CCc1ccccc1)C(=O)CN(c1ccccc1)S(=O)(=O)c1ccc(OC)c(OC)c1. The zero-order chi connectivity index (χ0) is 28.4. The van der Waals surface area contributed by atoms with E-state index in [1.165, 1.54) is 37.3 Å². The predicted molar refractivity (Wildman–Crippen MR) is 151 cm³/mol. The Morgan fingerprint density at radius 2 is 1.51 bits per heavy atom. The second-order valence-electron chi connectivity index (χ2n) is 8.76. The van der Waals surface area contributed by atoms with Gasteiger partial charge in [0.25, 0.3) is 10.0 Å². The third-order valence-electron chi connectivity index (χ3n) is 6.27. The topological polar surface area (TPSA) is 105 Å². The summed E-state index contributed by atoms with van der Waals surface area (Å²) in [6.07, 6.45) is 0.504. The van der Waals surface area contributed by atoms with Crippen molar-refractivity contribution in [3.05, 3.63) is 84.4 Å². The molecule has 9 nitrogen and oxygen atoms in total. The normalized spacial score (nSPS) is 11.8. The number of hydrogen-bond donors (Lipinski definition) is 1. The molecule has 0 saturated heterocycles. The molecule has 3 aromatic rings. The van der Waals surface area contributed by atoms with Gasteiger partial charge < -0.3 is 19.7 Å². The molecular weight excluding hydrogens is 518 g/mol. The molecule has 0 heterocycles. The Hall–Kier alpha value is -4.05. The number of likely N-dealkylation sites (N-methyl/N-ethyl adjacent to an activating group) is 1. The summed E-state index contributed by atoms with van der Waals surface area (Å²) in [5.74, 6) is -0.195. The van der Waals surface area contributed by atoms with Crippen LogP contribution in [0.4, 0.5) is 5.69 Å². The van der Waals surface area contributed by atoms with Gasteiger partial charge in [0, 0.05) is 19.2 Å². The van der Waals surface area contributed by atoms with Crippen LogP contribution < -0.4 is 19.1 Å². The Bertz CT molecular complexity index is 1350.